The smallest absolute Gasteiger partial charge is 0.312 e. The summed E-state index contributed by atoms with van der Waals surface area (Å²) >= 11 is 0. The Balaban J connectivity index is 1.71. The van der Waals surface area contributed by atoms with Crippen molar-refractivity contribution < 1.29 is 29.0 Å². The number of hydrogen-bond donors (Lipinski definition) is 1. The molecule has 3 aliphatic rings. The summed E-state index contributed by atoms with van der Waals surface area (Å²) in [6.07, 6.45) is 9.02. The van der Waals surface area contributed by atoms with Crippen molar-refractivity contribution in [3.05, 3.63) is 54.6 Å². The quantitative estimate of drug-likeness (QED) is 0.189. The van der Waals surface area contributed by atoms with Gasteiger partial charge in [-0.3, -0.25) is 14.4 Å². The largest absolute Gasteiger partial charge is 0.465 e. The van der Waals surface area contributed by atoms with Crippen LogP contribution in [0, 0.1) is 25.7 Å². The molecular formula is C33H46N2O6. The van der Waals surface area contributed by atoms with Crippen molar-refractivity contribution >= 4 is 23.5 Å². The zero-order chi connectivity index (χ0) is 29.8. The number of aryl methyl sites for hydroxylation is 2. The second-order valence-electron chi connectivity index (χ2n) is 12.0. The number of ether oxygens (including phenoxy) is 2. The second kappa shape index (κ2) is 12.9. The van der Waals surface area contributed by atoms with E-state index in [-0.39, 0.29) is 31.6 Å². The molecule has 1 spiro atoms. The van der Waals surface area contributed by atoms with Gasteiger partial charge in [0.1, 0.15) is 17.6 Å². The first-order valence-electron chi connectivity index (χ1n) is 15.0. The van der Waals surface area contributed by atoms with Crippen LogP contribution >= 0.6 is 0 Å². The van der Waals surface area contributed by atoms with Crippen molar-refractivity contribution in [3.8, 4) is 0 Å². The van der Waals surface area contributed by atoms with Gasteiger partial charge in [0, 0.05) is 25.4 Å². The van der Waals surface area contributed by atoms with E-state index >= 15 is 0 Å². The van der Waals surface area contributed by atoms with Gasteiger partial charge in [-0.05, 0) is 76.5 Å². The average molecular weight is 567 g/mol. The molecule has 3 fully saturated rings. The standard InChI is InChI=1S/C33H46N2O6/c1-6-8-13-21-40-31(39)27-26-29(37)35(19-11-9-10-12-20-36)28(33(26)17-16-32(27,5)41-33)30(38)34(18-7-2)25-22-23(3)14-15-24(25)4/h6-7,14-15,22,26-28,36H,1-2,8-13,16-21H2,3-5H3/t26-,27+,28?,32-,33?/m0/s1. The molecule has 8 heteroatoms. The number of aliphatic hydroxyl groups excluding tert-OH is 1. The van der Waals surface area contributed by atoms with Crippen LogP contribution in [0.1, 0.15) is 69.4 Å². The number of likely N-dealkylation sites (tertiary alicyclic amines) is 1. The summed E-state index contributed by atoms with van der Waals surface area (Å²) in [5, 5.41) is 9.18. The number of allylic oxidation sites excluding steroid dienone is 1. The molecule has 0 saturated carbocycles. The van der Waals surface area contributed by atoms with Gasteiger partial charge in [0.25, 0.3) is 5.91 Å². The number of anilines is 1. The van der Waals surface area contributed by atoms with E-state index in [4.69, 9.17) is 9.47 Å². The maximum atomic E-state index is 14.7. The van der Waals surface area contributed by atoms with Gasteiger partial charge >= 0.3 is 5.97 Å². The zero-order valence-corrected chi connectivity index (χ0v) is 24.9. The molecule has 1 N–H and O–H groups in total. The van der Waals surface area contributed by atoms with E-state index in [0.29, 0.717) is 38.6 Å². The first-order chi connectivity index (χ1) is 19.6. The molecule has 5 atom stereocenters. The Kier molecular flexibility index (Phi) is 9.75. The summed E-state index contributed by atoms with van der Waals surface area (Å²) < 4.78 is 12.4. The molecule has 1 aromatic rings. The molecule has 4 rings (SSSR count). The Morgan fingerprint density at radius 1 is 1.15 bits per heavy atom. The summed E-state index contributed by atoms with van der Waals surface area (Å²) in [5.74, 6) is -2.39. The molecule has 2 amide bonds. The number of fused-ring (bicyclic) bond motifs is 1. The number of rotatable bonds is 15. The summed E-state index contributed by atoms with van der Waals surface area (Å²) in [7, 11) is 0. The summed E-state index contributed by atoms with van der Waals surface area (Å²) in [4.78, 5) is 45.9. The van der Waals surface area contributed by atoms with Crippen LogP contribution < -0.4 is 4.90 Å². The maximum Gasteiger partial charge on any atom is 0.312 e. The van der Waals surface area contributed by atoms with E-state index in [0.717, 1.165) is 36.1 Å². The lowest BCUT2D eigenvalue weighted by Gasteiger charge is -2.37. The number of unbranched alkanes of at least 4 members (excludes halogenated alkanes) is 4. The number of carbonyl (C=O) groups excluding carboxylic acids is 3. The van der Waals surface area contributed by atoms with Crippen LogP contribution in [0.2, 0.25) is 0 Å². The van der Waals surface area contributed by atoms with Crippen molar-refractivity contribution in [1.29, 1.82) is 0 Å². The summed E-state index contributed by atoms with van der Waals surface area (Å²) in [5.41, 5.74) is 0.781. The monoisotopic (exact) mass is 566 g/mol. The van der Waals surface area contributed by atoms with Gasteiger partial charge in [-0.25, -0.2) is 0 Å². The highest BCUT2D eigenvalue weighted by Gasteiger charge is 2.78. The average Bonchev–Trinajstić information content (AvgIpc) is 3.51. The molecule has 1 aromatic carbocycles. The van der Waals surface area contributed by atoms with Gasteiger partial charge in [-0.1, -0.05) is 37.1 Å². The van der Waals surface area contributed by atoms with E-state index in [1.807, 2.05) is 39.0 Å². The predicted molar refractivity (Wildman–Crippen MR) is 158 cm³/mol. The topological polar surface area (TPSA) is 96.4 Å². The number of carbonyl (C=O) groups is 3. The van der Waals surface area contributed by atoms with Gasteiger partial charge in [0.2, 0.25) is 5.91 Å². The SMILES string of the molecule is C=CCCCOC(=O)[C@H]1[C@H]2C(=O)N(CCCCCCO)C(C(=O)N(CC=C)c3cc(C)ccc3C)C23CC[C@]1(C)O3. The number of aliphatic hydroxyl groups is 1. The Morgan fingerprint density at radius 3 is 2.61 bits per heavy atom. The second-order valence-corrected chi connectivity index (χ2v) is 12.0. The van der Waals surface area contributed by atoms with Crippen molar-refractivity contribution in [2.45, 2.75) is 89.4 Å². The molecule has 3 heterocycles. The molecule has 3 aliphatic heterocycles. The van der Waals surface area contributed by atoms with Gasteiger partial charge < -0.3 is 24.4 Å². The Hall–Kier alpha value is -2.97. The number of esters is 1. The lowest BCUT2D eigenvalue weighted by atomic mass is 9.66. The molecule has 224 valence electrons. The summed E-state index contributed by atoms with van der Waals surface area (Å²) in [6, 6.07) is 5.12. The van der Waals surface area contributed by atoms with Gasteiger partial charge in [0.05, 0.1) is 18.1 Å². The van der Waals surface area contributed by atoms with Crippen LogP contribution in [0.15, 0.2) is 43.5 Å². The first kappa shape index (κ1) is 31.0. The van der Waals surface area contributed by atoms with Crippen LogP contribution in [0.4, 0.5) is 5.69 Å². The molecule has 8 nitrogen and oxygen atoms in total. The van der Waals surface area contributed by atoms with E-state index in [9.17, 15) is 19.5 Å². The van der Waals surface area contributed by atoms with Gasteiger partial charge in [-0.2, -0.15) is 0 Å². The Labute approximate surface area is 244 Å². The van der Waals surface area contributed by atoms with Crippen molar-refractivity contribution in [3.63, 3.8) is 0 Å². The normalized spacial score (nSPS) is 28.0. The molecule has 0 radical (unpaired) electrons. The highest BCUT2D eigenvalue weighted by atomic mass is 16.6. The highest BCUT2D eigenvalue weighted by Crippen LogP contribution is 2.63. The van der Waals surface area contributed by atoms with Crippen LogP contribution in [-0.4, -0.2) is 71.3 Å². The van der Waals surface area contributed by atoms with Crippen LogP contribution in [0.3, 0.4) is 0 Å². The van der Waals surface area contributed by atoms with E-state index in [1.165, 1.54) is 0 Å². The number of benzene rings is 1. The molecular weight excluding hydrogens is 520 g/mol. The minimum atomic E-state index is -1.10. The molecule has 3 saturated heterocycles. The predicted octanol–water partition coefficient (Wildman–Crippen LogP) is 4.65. The van der Waals surface area contributed by atoms with Crippen molar-refractivity contribution in [1.82, 2.24) is 4.90 Å². The van der Waals surface area contributed by atoms with Crippen LogP contribution in [0.5, 0.6) is 0 Å². The van der Waals surface area contributed by atoms with Crippen molar-refractivity contribution in [2.75, 3.05) is 31.2 Å². The van der Waals surface area contributed by atoms with E-state index < -0.39 is 35.0 Å². The zero-order valence-electron chi connectivity index (χ0n) is 24.9. The Morgan fingerprint density at radius 2 is 1.90 bits per heavy atom. The minimum absolute atomic E-state index is 0.129. The molecule has 0 aromatic heterocycles. The third-order valence-corrected chi connectivity index (χ3v) is 9.10. The fourth-order valence-corrected chi connectivity index (χ4v) is 7.13. The van der Waals surface area contributed by atoms with Crippen molar-refractivity contribution in [2.24, 2.45) is 11.8 Å². The third-order valence-electron chi connectivity index (χ3n) is 9.10. The first-order valence-corrected chi connectivity index (χ1v) is 15.0. The highest BCUT2D eigenvalue weighted by molar-refractivity contribution is 6.05. The van der Waals surface area contributed by atoms with E-state index in [1.54, 1.807) is 22.0 Å². The lowest BCUT2D eigenvalue weighted by molar-refractivity contribution is -0.159. The number of hydrogen-bond acceptors (Lipinski definition) is 6. The summed E-state index contributed by atoms with van der Waals surface area (Å²) in [6.45, 7) is 14.5. The number of amides is 2. The number of nitrogens with zero attached hydrogens (tertiary/aromatic N) is 2. The van der Waals surface area contributed by atoms with Crippen LogP contribution in [-0.2, 0) is 23.9 Å². The molecule has 2 unspecified atom stereocenters. The maximum absolute atomic E-state index is 14.7. The molecule has 0 aliphatic carbocycles. The lowest BCUT2D eigenvalue weighted by Crippen LogP contribution is -2.56. The molecule has 2 bridgehead atoms. The van der Waals surface area contributed by atoms with Gasteiger partial charge in [0.15, 0.2) is 0 Å². The molecule has 41 heavy (non-hydrogen) atoms. The van der Waals surface area contributed by atoms with Gasteiger partial charge in [-0.15, -0.1) is 13.2 Å². The fraction of sp³-hybridized carbons (Fsp3) is 0.606. The van der Waals surface area contributed by atoms with E-state index in [2.05, 4.69) is 13.2 Å². The fourth-order valence-electron chi connectivity index (χ4n) is 7.13. The van der Waals surface area contributed by atoms with Crippen LogP contribution in [0.25, 0.3) is 0 Å². The third kappa shape index (κ3) is 5.73. The minimum Gasteiger partial charge on any atom is -0.465 e. The Bertz CT molecular complexity index is 1170.